The largest absolute Gasteiger partial charge is 0.497 e. The fraction of sp³-hybridized carbons (Fsp3) is 0.571. The average molecular weight is 266 g/mol. The van der Waals surface area contributed by atoms with Gasteiger partial charge in [-0.15, -0.1) is 0 Å². The fourth-order valence-corrected chi connectivity index (χ4v) is 2.62. The van der Waals surface area contributed by atoms with Crippen LogP contribution in [0.4, 0.5) is 0 Å². The van der Waals surface area contributed by atoms with Gasteiger partial charge in [0.2, 0.25) is 0 Å². The molecule has 0 spiro atoms. The van der Waals surface area contributed by atoms with Crippen molar-refractivity contribution in [3.8, 4) is 11.5 Å². The second kappa shape index (κ2) is 5.77. The van der Waals surface area contributed by atoms with Gasteiger partial charge < -0.3 is 25.3 Å². The molecule has 0 amide bonds. The van der Waals surface area contributed by atoms with Crippen LogP contribution in [0.5, 0.6) is 11.5 Å². The molecule has 1 saturated heterocycles. The molecule has 1 aliphatic heterocycles. The molecule has 0 saturated carbocycles. The zero-order valence-electron chi connectivity index (χ0n) is 11.7. The van der Waals surface area contributed by atoms with E-state index in [0.717, 1.165) is 17.1 Å². The molecule has 3 N–H and O–H groups in total. The highest BCUT2D eigenvalue weighted by atomic mass is 16.5. The lowest BCUT2D eigenvalue weighted by Gasteiger charge is -2.46. The van der Waals surface area contributed by atoms with Crippen molar-refractivity contribution >= 4 is 0 Å². The summed E-state index contributed by atoms with van der Waals surface area (Å²) in [6.07, 6.45) is 0. The highest BCUT2D eigenvalue weighted by Crippen LogP contribution is 2.43. The van der Waals surface area contributed by atoms with Crippen molar-refractivity contribution in [3.63, 3.8) is 0 Å². The van der Waals surface area contributed by atoms with Crippen LogP contribution < -0.4 is 20.5 Å². The average Bonchev–Trinajstić information content (AvgIpc) is 2.42. The molecular formula is C14H22N2O3. The fourth-order valence-electron chi connectivity index (χ4n) is 2.62. The Kier molecular flexibility index (Phi) is 4.29. The molecule has 1 fully saturated rings. The number of methoxy groups -OCH3 is 2. The first kappa shape index (κ1) is 14.1. The molecule has 106 valence electrons. The van der Waals surface area contributed by atoms with Crippen molar-refractivity contribution < 1.29 is 14.2 Å². The van der Waals surface area contributed by atoms with E-state index in [-0.39, 0.29) is 11.5 Å². The Balaban J connectivity index is 2.37. The van der Waals surface area contributed by atoms with Crippen LogP contribution in [0.25, 0.3) is 0 Å². The van der Waals surface area contributed by atoms with Gasteiger partial charge in [-0.1, -0.05) is 6.07 Å². The molecule has 19 heavy (non-hydrogen) atoms. The molecule has 2 rings (SSSR count). The maximum absolute atomic E-state index is 5.94. The third-order valence-electron chi connectivity index (χ3n) is 3.84. The highest BCUT2D eigenvalue weighted by Gasteiger charge is 2.45. The van der Waals surface area contributed by atoms with Crippen LogP contribution in [-0.2, 0) is 4.74 Å². The van der Waals surface area contributed by atoms with Crippen LogP contribution in [-0.4, -0.2) is 41.0 Å². The van der Waals surface area contributed by atoms with Gasteiger partial charge in [-0.3, -0.25) is 0 Å². The first-order valence-electron chi connectivity index (χ1n) is 6.38. The number of benzene rings is 1. The van der Waals surface area contributed by atoms with E-state index in [2.05, 4.69) is 5.32 Å². The van der Waals surface area contributed by atoms with Crippen LogP contribution in [0.1, 0.15) is 11.6 Å². The van der Waals surface area contributed by atoms with Crippen LogP contribution in [0.3, 0.4) is 0 Å². The topological polar surface area (TPSA) is 65.7 Å². The quantitative estimate of drug-likeness (QED) is 0.802. The Morgan fingerprint density at radius 3 is 2.53 bits per heavy atom. The Morgan fingerprint density at radius 1 is 1.37 bits per heavy atom. The number of ether oxygens (including phenoxy) is 3. The molecule has 1 heterocycles. The predicted molar refractivity (Wildman–Crippen MR) is 73.7 cm³/mol. The van der Waals surface area contributed by atoms with Crippen LogP contribution in [0.15, 0.2) is 18.2 Å². The van der Waals surface area contributed by atoms with Gasteiger partial charge in [0.15, 0.2) is 0 Å². The minimum atomic E-state index is -0.0589. The predicted octanol–water partition coefficient (Wildman–Crippen LogP) is 0.940. The summed E-state index contributed by atoms with van der Waals surface area (Å²) in [5.74, 6) is 1.58. The minimum Gasteiger partial charge on any atom is -0.497 e. The normalized spacial score (nSPS) is 18.5. The first-order chi connectivity index (χ1) is 9.20. The van der Waals surface area contributed by atoms with E-state index < -0.39 is 0 Å². The van der Waals surface area contributed by atoms with E-state index in [1.54, 1.807) is 14.2 Å². The summed E-state index contributed by atoms with van der Waals surface area (Å²) in [6.45, 7) is 1.92. The molecule has 1 aromatic carbocycles. The van der Waals surface area contributed by atoms with Gasteiger partial charge in [0.05, 0.1) is 27.4 Å². The number of nitrogens with one attached hydrogen (secondary N) is 1. The van der Waals surface area contributed by atoms with Crippen molar-refractivity contribution in [2.24, 2.45) is 11.1 Å². The lowest BCUT2D eigenvalue weighted by molar-refractivity contribution is -0.127. The summed E-state index contributed by atoms with van der Waals surface area (Å²) in [7, 11) is 5.24. The summed E-state index contributed by atoms with van der Waals surface area (Å²) >= 11 is 0. The molecule has 1 unspecified atom stereocenters. The Morgan fingerprint density at radius 2 is 2.11 bits per heavy atom. The summed E-state index contributed by atoms with van der Waals surface area (Å²) in [5, 5.41) is 3.34. The van der Waals surface area contributed by atoms with Crippen molar-refractivity contribution in [1.29, 1.82) is 0 Å². The molecule has 1 atom stereocenters. The monoisotopic (exact) mass is 266 g/mol. The molecule has 1 aromatic rings. The van der Waals surface area contributed by atoms with Gasteiger partial charge >= 0.3 is 0 Å². The Hall–Kier alpha value is -1.30. The molecule has 0 aliphatic carbocycles. The Bertz CT molecular complexity index is 427. The molecule has 0 bridgehead atoms. The maximum Gasteiger partial charge on any atom is 0.127 e. The van der Waals surface area contributed by atoms with E-state index in [1.165, 1.54) is 0 Å². The van der Waals surface area contributed by atoms with Crippen molar-refractivity contribution in [1.82, 2.24) is 5.32 Å². The van der Waals surface area contributed by atoms with E-state index in [4.69, 9.17) is 19.9 Å². The lowest BCUT2D eigenvalue weighted by atomic mass is 9.75. The van der Waals surface area contributed by atoms with Gasteiger partial charge in [0.25, 0.3) is 0 Å². The van der Waals surface area contributed by atoms with Crippen molar-refractivity contribution in [3.05, 3.63) is 23.8 Å². The second-order valence-electron chi connectivity index (χ2n) is 4.89. The third kappa shape index (κ3) is 2.41. The van der Waals surface area contributed by atoms with Gasteiger partial charge in [0, 0.05) is 29.6 Å². The first-order valence-corrected chi connectivity index (χ1v) is 6.38. The molecule has 5 nitrogen and oxygen atoms in total. The summed E-state index contributed by atoms with van der Waals surface area (Å²) in [5.41, 5.74) is 6.97. The van der Waals surface area contributed by atoms with Crippen molar-refractivity contribution in [2.75, 3.05) is 41.0 Å². The number of hydrogen-bond donors (Lipinski definition) is 2. The van der Waals surface area contributed by atoms with Crippen LogP contribution in [0, 0.1) is 5.41 Å². The molecular weight excluding hydrogens is 244 g/mol. The second-order valence-corrected chi connectivity index (χ2v) is 4.89. The minimum absolute atomic E-state index is 0.0589. The number of rotatable bonds is 6. The lowest BCUT2D eigenvalue weighted by Crippen LogP contribution is -2.55. The SMILES string of the molecule is CNC(c1ccc(OC)cc1OC)C1(CN)COC1. The standard InChI is InChI=1S/C14H22N2O3/c1-16-13(14(7-15)8-19-9-14)11-5-4-10(17-2)6-12(11)18-3/h4-6,13,16H,7-9,15H2,1-3H3. The van der Waals surface area contributed by atoms with E-state index in [1.807, 2.05) is 25.2 Å². The van der Waals surface area contributed by atoms with Gasteiger partial charge in [-0.25, -0.2) is 0 Å². The highest BCUT2D eigenvalue weighted by molar-refractivity contribution is 5.43. The van der Waals surface area contributed by atoms with Crippen LogP contribution in [0.2, 0.25) is 0 Å². The molecule has 0 aromatic heterocycles. The van der Waals surface area contributed by atoms with Gasteiger partial charge in [-0.2, -0.15) is 0 Å². The van der Waals surface area contributed by atoms with Gasteiger partial charge in [-0.05, 0) is 13.1 Å². The molecule has 5 heteroatoms. The van der Waals surface area contributed by atoms with Crippen LogP contribution >= 0.6 is 0 Å². The third-order valence-corrected chi connectivity index (χ3v) is 3.84. The molecule has 0 radical (unpaired) electrons. The molecule has 1 aliphatic rings. The van der Waals surface area contributed by atoms with E-state index >= 15 is 0 Å². The zero-order valence-corrected chi connectivity index (χ0v) is 11.7. The van der Waals surface area contributed by atoms with E-state index in [9.17, 15) is 0 Å². The van der Waals surface area contributed by atoms with Crippen molar-refractivity contribution in [2.45, 2.75) is 6.04 Å². The summed E-state index contributed by atoms with van der Waals surface area (Å²) < 4.78 is 16.1. The van der Waals surface area contributed by atoms with Gasteiger partial charge in [0.1, 0.15) is 11.5 Å². The Labute approximate surface area is 114 Å². The zero-order chi connectivity index (χ0) is 13.9. The summed E-state index contributed by atoms with van der Waals surface area (Å²) in [6, 6.07) is 5.95. The maximum atomic E-state index is 5.94. The number of hydrogen-bond acceptors (Lipinski definition) is 5. The number of nitrogens with two attached hydrogens (primary N) is 1. The smallest absolute Gasteiger partial charge is 0.127 e. The summed E-state index contributed by atoms with van der Waals surface area (Å²) in [4.78, 5) is 0. The van der Waals surface area contributed by atoms with E-state index in [0.29, 0.717) is 19.8 Å².